The second-order valence-corrected chi connectivity index (χ2v) is 7.13. The van der Waals surface area contributed by atoms with E-state index in [4.69, 9.17) is 4.99 Å². The average molecular weight is 512 g/mol. The largest absolute Gasteiger partial charge is 0.357 e. The number of guanidine groups is 1. The first-order chi connectivity index (χ1) is 13.7. The van der Waals surface area contributed by atoms with Crippen molar-refractivity contribution >= 4 is 29.9 Å². The number of halogens is 1. The number of hydrogen-bond donors (Lipinski definition) is 2. The van der Waals surface area contributed by atoms with Crippen LogP contribution < -0.4 is 16.3 Å². The summed E-state index contributed by atoms with van der Waals surface area (Å²) >= 11 is 0. The number of aliphatic imine (C=N–C) groups is 1. The van der Waals surface area contributed by atoms with Crippen molar-refractivity contribution in [2.24, 2.45) is 4.99 Å². The molecule has 160 valence electrons. The average Bonchev–Trinajstić information content (AvgIpc) is 3.05. The van der Waals surface area contributed by atoms with E-state index in [1.807, 2.05) is 4.57 Å². The second kappa shape index (κ2) is 12.0. The molecule has 0 amide bonds. The van der Waals surface area contributed by atoms with Crippen LogP contribution in [-0.4, -0.2) is 33.4 Å². The third-order valence-electron chi connectivity index (χ3n) is 5.12. The summed E-state index contributed by atoms with van der Waals surface area (Å²) in [7, 11) is 0. The van der Waals surface area contributed by atoms with Crippen molar-refractivity contribution in [2.45, 2.75) is 65.6 Å². The molecule has 0 saturated carbocycles. The molecular weight excluding hydrogens is 479 g/mol. The molecule has 0 atom stereocenters. The number of benzene rings is 1. The fourth-order valence-corrected chi connectivity index (χ4v) is 3.59. The van der Waals surface area contributed by atoms with Gasteiger partial charge in [-0.05, 0) is 43.7 Å². The van der Waals surface area contributed by atoms with Crippen molar-refractivity contribution < 1.29 is 0 Å². The molecule has 0 saturated heterocycles. The monoisotopic (exact) mass is 512 g/mol. The number of fused-ring (bicyclic) bond motifs is 1. The van der Waals surface area contributed by atoms with Crippen LogP contribution in [0.1, 0.15) is 50.1 Å². The van der Waals surface area contributed by atoms with Crippen LogP contribution in [0.5, 0.6) is 0 Å². The standard InChI is InChI=1S/C21H32N6O.HI/c1-3-17-10-5-6-11-18(17)16-24-20(22-4-2)23-13-9-15-27-21(28)26-14-8-7-12-19(26)25-27;/h5-6,10-11H,3-4,7-9,12-16H2,1-2H3,(H2,22,23,24);1H. The first-order valence-electron chi connectivity index (χ1n) is 10.5. The van der Waals surface area contributed by atoms with E-state index in [1.54, 1.807) is 4.68 Å². The molecule has 7 nitrogen and oxygen atoms in total. The molecular formula is C21H33IN6O. The van der Waals surface area contributed by atoms with E-state index in [0.29, 0.717) is 13.1 Å². The lowest BCUT2D eigenvalue weighted by atomic mass is 10.1. The summed E-state index contributed by atoms with van der Waals surface area (Å²) < 4.78 is 3.44. The van der Waals surface area contributed by atoms with Crippen LogP contribution in [0.25, 0.3) is 0 Å². The highest BCUT2D eigenvalue weighted by molar-refractivity contribution is 14.0. The zero-order chi connectivity index (χ0) is 19.8. The van der Waals surface area contributed by atoms with E-state index >= 15 is 0 Å². The Morgan fingerprint density at radius 1 is 1.17 bits per heavy atom. The van der Waals surface area contributed by atoms with Gasteiger partial charge >= 0.3 is 5.69 Å². The van der Waals surface area contributed by atoms with Gasteiger partial charge in [-0.15, -0.1) is 24.0 Å². The minimum absolute atomic E-state index is 0. The van der Waals surface area contributed by atoms with Crippen LogP contribution in [-0.2, 0) is 32.5 Å². The highest BCUT2D eigenvalue weighted by atomic mass is 127. The maximum atomic E-state index is 12.4. The van der Waals surface area contributed by atoms with Gasteiger partial charge in [0.15, 0.2) is 5.96 Å². The highest BCUT2D eigenvalue weighted by Gasteiger charge is 2.16. The smallest absolute Gasteiger partial charge is 0.345 e. The van der Waals surface area contributed by atoms with Crippen molar-refractivity contribution in [3.8, 4) is 0 Å². The van der Waals surface area contributed by atoms with E-state index in [1.165, 1.54) is 11.1 Å². The topological polar surface area (TPSA) is 76.2 Å². The lowest BCUT2D eigenvalue weighted by Crippen LogP contribution is -2.38. The second-order valence-electron chi connectivity index (χ2n) is 7.13. The predicted octanol–water partition coefficient (Wildman–Crippen LogP) is 2.71. The van der Waals surface area contributed by atoms with E-state index in [-0.39, 0.29) is 29.7 Å². The van der Waals surface area contributed by atoms with Crippen LogP contribution in [0.3, 0.4) is 0 Å². The van der Waals surface area contributed by atoms with Gasteiger partial charge in [0, 0.05) is 32.6 Å². The molecule has 2 aromatic rings. The molecule has 8 heteroatoms. The quantitative estimate of drug-likeness (QED) is 0.247. The van der Waals surface area contributed by atoms with Gasteiger partial charge in [-0.2, -0.15) is 5.10 Å². The molecule has 1 aliphatic rings. The lowest BCUT2D eigenvalue weighted by Gasteiger charge is -2.12. The zero-order valence-corrected chi connectivity index (χ0v) is 19.8. The number of aromatic nitrogens is 3. The van der Waals surface area contributed by atoms with Gasteiger partial charge in [-0.1, -0.05) is 31.2 Å². The fraction of sp³-hybridized carbons (Fsp3) is 0.571. The van der Waals surface area contributed by atoms with Crippen molar-refractivity contribution in [3.05, 3.63) is 51.7 Å². The number of nitrogens with zero attached hydrogens (tertiary/aromatic N) is 4. The first-order valence-corrected chi connectivity index (χ1v) is 10.5. The van der Waals surface area contributed by atoms with E-state index in [9.17, 15) is 4.79 Å². The Labute approximate surface area is 190 Å². The van der Waals surface area contributed by atoms with Crippen molar-refractivity contribution in [3.63, 3.8) is 0 Å². The maximum absolute atomic E-state index is 12.4. The zero-order valence-electron chi connectivity index (χ0n) is 17.5. The van der Waals surface area contributed by atoms with Crippen LogP contribution in [0, 0.1) is 0 Å². The Hall–Kier alpha value is -1.84. The van der Waals surface area contributed by atoms with Gasteiger partial charge in [-0.3, -0.25) is 4.57 Å². The van der Waals surface area contributed by atoms with Crippen molar-refractivity contribution in [1.29, 1.82) is 0 Å². The maximum Gasteiger partial charge on any atom is 0.345 e. The highest BCUT2D eigenvalue weighted by Crippen LogP contribution is 2.11. The van der Waals surface area contributed by atoms with Gasteiger partial charge in [0.05, 0.1) is 6.54 Å². The molecule has 0 bridgehead atoms. The molecule has 3 rings (SSSR count). The molecule has 1 aromatic carbocycles. The molecule has 2 N–H and O–H groups in total. The minimum Gasteiger partial charge on any atom is -0.357 e. The summed E-state index contributed by atoms with van der Waals surface area (Å²) in [5, 5.41) is 11.2. The summed E-state index contributed by atoms with van der Waals surface area (Å²) in [6, 6.07) is 8.43. The van der Waals surface area contributed by atoms with E-state index < -0.39 is 0 Å². The van der Waals surface area contributed by atoms with E-state index in [0.717, 1.165) is 63.5 Å². The van der Waals surface area contributed by atoms with E-state index in [2.05, 4.69) is 53.8 Å². The molecule has 0 aliphatic carbocycles. The van der Waals surface area contributed by atoms with Crippen LogP contribution in [0.2, 0.25) is 0 Å². The summed E-state index contributed by atoms with van der Waals surface area (Å²) in [6.45, 7) is 7.89. The van der Waals surface area contributed by atoms with Crippen LogP contribution in [0.4, 0.5) is 0 Å². The summed E-state index contributed by atoms with van der Waals surface area (Å²) in [6.07, 6.45) is 4.95. The predicted molar refractivity (Wildman–Crippen MR) is 128 cm³/mol. The van der Waals surface area contributed by atoms with Gasteiger partial charge < -0.3 is 10.6 Å². The Balaban J connectivity index is 0.00000300. The normalized spacial score (nSPS) is 13.5. The third kappa shape index (κ3) is 6.32. The SMILES string of the molecule is CCNC(=NCc1ccccc1CC)NCCCn1nc2n(c1=O)CCCC2.I. The van der Waals surface area contributed by atoms with Crippen molar-refractivity contribution in [1.82, 2.24) is 25.0 Å². The number of nitrogens with one attached hydrogen (secondary N) is 2. The molecule has 1 aromatic heterocycles. The van der Waals surface area contributed by atoms with Gasteiger partial charge in [0.2, 0.25) is 0 Å². The third-order valence-corrected chi connectivity index (χ3v) is 5.12. The summed E-state index contributed by atoms with van der Waals surface area (Å²) in [5.74, 6) is 1.75. The molecule has 0 unspecified atom stereocenters. The molecule has 1 aliphatic heterocycles. The molecule has 29 heavy (non-hydrogen) atoms. The Morgan fingerprint density at radius 3 is 2.69 bits per heavy atom. The Morgan fingerprint density at radius 2 is 1.97 bits per heavy atom. The first kappa shape index (κ1) is 23.4. The molecule has 2 heterocycles. The minimum atomic E-state index is 0. The summed E-state index contributed by atoms with van der Waals surface area (Å²) in [4.78, 5) is 17.1. The van der Waals surface area contributed by atoms with Crippen LogP contribution in [0.15, 0.2) is 34.1 Å². The van der Waals surface area contributed by atoms with Gasteiger partial charge in [0.1, 0.15) is 5.82 Å². The Bertz CT molecular complexity index is 857. The van der Waals surface area contributed by atoms with Gasteiger partial charge in [-0.25, -0.2) is 14.5 Å². The Kier molecular flexibility index (Phi) is 9.69. The number of hydrogen-bond acceptors (Lipinski definition) is 3. The summed E-state index contributed by atoms with van der Waals surface area (Å²) in [5.41, 5.74) is 2.63. The lowest BCUT2D eigenvalue weighted by molar-refractivity contribution is 0.509. The fourth-order valence-electron chi connectivity index (χ4n) is 3.59. The molecule has 0 radical (unpaired) electrons. The van der Waals surface area contributed by atoms with Crippen molar-refractivity contribution in [2.75, 3.05) is 13.1 Å². The van der Waals surface area contributed by atoms with Crippen LogP contribution >= 0.6 is 24.0 Å². The number of aryl methyl sites for hydroxylation is 3. The number of rotatable bonds is 8. The van der Waals surface area contributed by atoms with Gasteiger partial charge in [0.25, 0.3) is 0 Å². The molecule has 0 spiro atoms. The molecule has 0 fully saturated rings.